The van der Waals surface area contributed by atoms with Gasteiger partial charge in [0.2, 0.25) is 11.7 Å². The van der Waals surface area contributed by atoms with Crippen LogP contribution in [0.5, 0.6) is 5.88 Å². The number of nitrogens with one attached hydrogen (secondary N) is 1. The number of carbonyl (C=O) groups is 1. The van der Waals surface area contributed by atoms with Crippen molar-refractivity contribution < 1.29 is 15.0 Å². The number of aromatic amines is 1. The SMILES string of the molecule is O=C(O)c1nc(O)c(Cl)[nH]1. The molecule has 0 spiro atoms. The number of nitrogens with zero attached hydrogens (tertiary/aromatic N) is 1. The Kier molecular flexibility index (Phi) is 1.50. The van der Waals surface area contributed by atoms with Gasteiger partial charge in [-0.3, -0.25) is 0 Å². The smallest absolute Gasteiger partial charge is 0.372 e. The maximum absolute atomic E-state index is 10.1. The number of hydrogen-bond donors (Lipinski definition) is 3. The standard InChI is InChI=1S/C4H3ClN2O3/c5-1-3(8)7-2(6-1)4(9)10/h8H,(H,6,7)(H,9,10). The first-order chi connectivity index (χ1) is 4.61. The van der Waals surface area contributed by atoms with Crippen LogP contribution in [0.1, 0.15) is 10.6 Å². The van der Waals surface area contributed by atoms with Gasteiger partial charge in [0.15, 0.2) is 5.15 Å². The highest BCUT2D eigenvalue weighted by atomic mass is 35.5. The fraction of sp³-hybridized carbons (Fsp3) is 0. The van der Waals surface area contributed by atoms with Crippen LogP contribution < -0.4 is 0 Å². The van der Waals surface area contributed by atoms with Gasteiger partial charge in [-0.15, -0.1) is 0 Å². The Hall–Kier alpha value is -1.23. The fourth-order valence-corrected chi connectivity index (χ4v) is 0.576. The van der Waals surface area contributed by atoms with Crippen LogP contribution in [-0.4, -0.2) is 26.2 Å². The number of carboxylic acid groups (broad SMARTS) is 1. The highest BCUT2D eigenvalue weighted by molar-refractivity contribution is 6.30. The molecule has 3 N–H and O–H groups in total. The first kappa shape index (κ1) is 6.88. The van der Waals surface area contributed by atoms with Crippen LogP contribution in [-0.2, 0) is 0 Å². The summed E-state index contributed by atoms with van der Waals surface area (Å²) in [5.41, 5.74) is 0. The average molecular weight is 163 g/mol. The molecule has 0 aliphatic rings. The zero-order chi connectivity index (χ0) is 7.72. The number of carboxylic acids is 1. The monoisotopic (exact) mass is 162 g/mol. The van der Waals surface area contributed by atoms with Gasteiger partial charge in [0, 0.05) is 0 Å². The molecule has 0 fully saturated rings. The van der Waals surface area contributed by atoms with Crippen molar-refractivity contribution in [2.45, 2.75) is 0 Å². The molecular weight excluding hydrogens is 160 g/mol. The lowest BCUT2D eigenvalue weighted by Gasteiger charge is -1.79. The molecule has 0 bridgehead atoms. The van der Waals surface area contributed by atoms with Crippen LogP contribution >= 0.6 is 11.6 Å². The van der Waals surface area contributed by atoms with E-state index in [9.17, 15) is 4.79 Å². The molecule has 6 heteroatoms. The molecule has 0 radical (unpaired) electrons. The summed E-state index contributed by atoms with van der Waals surface area (Å²) in [6.45, 7) is 0. The number of aromatic hydroxyl groups is 1. The molecule has 0 aliphatic carbocycles. The summed E-state index contributed by atoms with van der Waals surface area (Å²) in [5.74, 6) is -2.14. The second-order valence-corrected chi connectivity index (χ2v) is 1.91. The number of aromatic nitrogens is 2. The summed E-state index contributed by atoms with van der Waals surface area (Å²) in [6, 6.07) is 0. The predicted octanol–water partition coefficient (Wildman–Crippen LogP) is 0.467. The number of hydrogen-bond acceptors (Lipinski definition) is 3. The maximum atomic E-state index is 10.1. The lowest BCUT2D eigenvalue weighted by atomic mass is 10.6. The molecule has 0 saturated heterocycles. The van der Waals surface area contributed by atoms with E-state index in [4.69, 9.17) is 21.8 Å². The number of imidazole rings is 1. The minimum atomic E-state index is -1.26. The summed E-state index contributed by atoms with van der Waals surface area (Å²) in [4.78, 5) is 15.4. The zero-order valence-corrected chi connectivity index (χ0v) is 5.38. The number of H-pyrrole nitrogens is 1. The molecule has 0 unspecified atom stereocenters. The maximum Gasteiger partial charge on any atom is 0.372 e. The highest BCUT2D eigenvalue weighted by Gasteiger charge is 2.11. The summed E-state index contributed by atoms with van der Waals surface area (Å²) >= 11 is 5.24. The van der Waals surface area contributed by atoms with Crippen LogP contribution in [0.3, 0.4) is 0 Å². The number of rotatable bonds is 1. The normalized spacial score (nSPS) is 9.70. The average Bonchev–Trinajstić information content (AvgIpc) is 2.13. The van der Waals surface area contributed by atoms with E-state index in [1.54, 1.807) is 0 Å². The Morgan fingerprint density at radius 3 is 2.50 bits per heavy atom. The van der Waals surface area contributed by atoms with E-state index < -0.39 is 11.8 Å². The van der Waals surface area contributed by atoms with Gasteiger partial charge in [-0.25, -0.2) is 4.79 Å². The molecule has 10 heavy (non-hydrogen) atoms. The van der Waals surface area contributed by atoms with Crippen molar-refractivity contribution in [2.75, 3.05) is 0 Å². The molecule has 54 valence electrons. The van der Waals surface area contributed by atoms with Gasteiger partial charge < -0.3 is 15.2 Å². The second-order valence-electron chi connectivity index (χ2n) is 1.53. The van der Waals surface area contributed by atoms with E-state index in [-0.39, 0.29) is 11.0 Å². The molecule has 1 rings (SSSR count). The van der Waals surface area contributed by atoms with Crippen molar-refractivity contribution in [3.63, 3.8) is 0 Å². The predicted molar refractivity (Wildman–Crippen MR) is 32.2 cm³/mol. The van der Waals surface area contributed by atoms with E-state index in [0.717, 1.165) is 0 Å². The molecule has 1 aromatic rings. The van der Waals surface area contributed by atoms with Crippen LogP contribution in [0.4, 0.5) is 0 Å². The Morgan fingerprint density at radius 2 is 2.30 bits per heavy atom. The minimum Gasteiger partial charge on any atom is -0.491 e. The van der Waals surface area contributed by atoms with E-state index in [1.165, 1.54) is 0 Å². The lowest BCUT2D eigenvalue weighted by Crippen LogP contribution is -1.97. The first-order valence-electron chi connectivity index (χ1n) is 2.29. The molecule has 1 aromatic heterocycles. The Labute approximate surface area is 60.3 Å². The third kappa shape index (κ3) is 1.03. The van der Waals surface area contributed by atoms with E-state index in [2.05, 4.69) is 9.97 Å². The van der Waals surface area contributed by atoms with E-state index >= 15 is 0 Å². The number of halogens is 1. The van der Waals surface area contributed by atoms with Gasteiger partial charge >= 0.3 is 5.97 Å². The molecule has 0 saturated carbocycles. The molecule has 0 atom stereocenters. The molecule has 5 nitrogen and oxygen atoms in total. The van der Waals surface area contributed by atoms with Crippen LogP contribution in [0.25, 0.3) is 0 Å². The largest absolute Gasteiger partial charge is 0.491 e. The molecular formula is C4H3ClN2O3. The molecule has 0 aliphatic heterocycles. The van der Waals surface area contributed by atoms with Gasteiger partial charge in [-0.2, -0.15) is 4.98 Å². The lowest BCUT2D eigenvalue weighted by molar-refractivity contribution is 0.0684. The zero-order valence-electron chi connectivity index (χ0n) is 4.63. The highest BCUT2D eigenvalue weighted by Crippen LogP contribution is 2.17. The fourth-order valence-electron chi connectivity index (χ4n) is 0.444. The second kappa shape index (κ2) is 2.18. The van der Waals surface area contributed by atoms with E-state index in [0.29, 0.717) is 0 Å². The van der Waals surface area contributed by atoms with Crippen molar-refractivity contribution in [2.24, 2.45) is 0 Å². The topological polar surface area (TPSA) is 86.2 Å². The first-order valence-corrected chi connectivity index (χ1v) is 2.67. The summed E-state index contributed by atoms with van der Waals surface area (Å²) in [5, 5.41) is 16.7. The van der Waals surface area contributed by atoms with Crippen molar-refractivity contribution in [1.29, 1.82) is 0 Å². The summed E-state index contributed by atoms with van der Waals surface area (Å²) < 4.78 is 0. The van der Waals surface area contributed by atoms with Crippen molar-refractivity contribution in [3.8, 4) is 5.88 Å². The Bertz CT molecular complexity index is 250. The third-order valence-corrected chi connectivity index (χ3v) is 1.11. The number of aromatic carboxylic acids is 1. The van der Waals surface area contributed by atoms with Gasteiger partial charge in [0.1, 0.15) is 0 Å². The molecule has 1 heterocycles. The van der Waals surface area contributed by atoms with Crippen molar-refractivity contribution >= 4 is 17.6 Å². The van der Waals surface area contributed by atoms with Crippen LogP contribution in [0.2, 0.25) is 5.15 Å². The third-order valence-electron chi connectivity index (χ3n) is 0.845. The van der Waals surface area contributed by atoms with Gasteiger partial charge in [0.05, 0.1) is 0 Å². The van der Waals surface area contributed by atoms with Crippen LogP contribution in [0, 0.1) is 0 Å². The van der Waals surface area contributed by atoms with Crippen LogP contribution in [0.15, 0.2) is 0 Å². The summed E-state index contributed by atoms with van der Waals surface area (Å²) in [7, 11) is 0. The van der Waals surface area contributed by atoms with Gasteiger partial charge in [-0.05, 0) is 0 Å². The van der Waals surface area contributed by atoms with E-state index in [1.807, 2.05) is 0 Å². The molecule has 0 amide bonds. The minimum absolute atomic E-state index is 0.169. The Morgan fingerprint density at radius 1 is 1.70 bits per heavy atom. The quantitative estimate of drug-likeness (QED) is 0.560. The molecule has 0 aromatic carbocycles. The summed E-state index contributed by atoms with van der Waals surface area (Å²) in [6.07, 6.45) is 0. The Balaban J connectivity index is 3.10. The van der Waals surface area contributed by atoms with Crippen molar-refractivity contribution in [1.82, 2.24) is 9.97 Å². The van der Waals surface area contributed by atoms with Crippen molar-refractivity contribution in [3.05, 3.63) is 11.0 Å². The van der Waals surface area contributed by atoms with Gasteiger partial charge in [0.25, 0.3) is 0 Å². The van der Waals surface area contributed by atoms with Gasteiger partial charge in [-0.1, -0.05) is 11.6 Å².